The van der Waals surface area contributed by atoms with Crippen molar-refractivity contribution in [3.63, 3.8) is 0 Å². The zero-order valence-corrected chi connectivity index (χ0v) is 18.7. The fraction of sp³-hybridized carbons (Fsp3) is 0.682. The summed E-state index contributed by atoms with van der Waals surface area (Å²) in [5.74, 6) is -3.60. The van der Waals surface area contributed by atoms with Gasteiger partial charge in [-0.2, -0.15) is 0 Å². The number of unbranched alkanes of at least 4 members (excludes halogenated alkanes) is 3. The molecule has 3 atom stereocenters. The lowest BCUT2D eigenvalue weighted by molar-refractivity contribution is -0.158. The maximum atomic E-state index is 12.9. The lowest BCUT2D eigenvalue weighted by Gasteiger charge is -2.28. The molecule has 0 aliphatic carbocycles. The number of imide groups is 1. The van der Waals surface area contributed by atoms with Crippen LogP contribution in [0.5, 0.6) is 0 Å². The Morgan fingerprint density at radius 3 is 2.35 bits per heavy atom. The number of rotatable bonds is 13. The van der Waals surface area contributed by atoms with E-state index in [1.165, 1.54) is 6.92 Å². The van der Waals surface area contributed by atoms with Crippen molar-refractivity contribution in [2.24, 2.45) is 11.8 Å². The van der Waals surface area contributed by atoms with Crippen molar-refractivity contribution in [3.8, 4) is 0 Å². The van der Waals surface area contributed by atoms with Gasteiger partial charge in [0.15, 0.2) is 17.7 Å². The standard InChI is InChI=1S/C22H33NO8/c1-14(2)18-13-30-22(29)23(18)21(28)15(3)20(31-16(4)25)19(27)11-10-17(26)9-7-5-6-8-12-24/h10-11,14-15,18,20,24H,5-9,12-13H2,1-4H3/t15-,18+,20-/m1/s1. The molecule has 1 N–H and O–H groups in total. The summed E-state index contributed by atoms with van der Waals surface area (Å²) in [4.78, 5) is 62.1. The molecule has 1 rings (SSSR count). The van der Waals surface area contributed by atoms with Gasteiger partial charge in [0, 0.05) is 20.0 Å². The van der Waals surface area contributed by atoms with E-state index in [4.69, 9.17) is 14.6 Å². The Hall–Kier alpha value is -2.55. The van der Waals surface area contributed by atoms with Crippen LogP contribution < -0.4 is 0 Å². The molecule has 1 aliphatic heterocycles. The molecule has 2 amide bonds. The molecule has 9 heteroatoms. The quantitative estimate of drug-likeness (QED) is 0.263. The van der Waals surface area contributed by atoms with E-state index in [0.717, 1.165) is 36.8 Å². The van der Waals surface area contributed by atoms with Crippen molar-refractivity contribution in [3.05, 3.63) is 12.2 Å². The summed E-state index contributed by atoms with van der Waals surface area (Å²) in [5, 5.41) is 8.74. The number of hydrogen-bond acceptors (Lipinski definition) is 8. The van der Waals surface area contributed by atoms with Crippen molar-refractivity contribution in [2.45, 2.75) is 71.9 Å². The highest BCUT2D eigenvalue weighted by atomic mass is 16.6. The molecular formula is C22H33NO8. The van der Waals surface area contributed by atoms with Crippen LogP contribution in [0.4, 0.5) is 4.79 Å². The highest BCUT2D eigenvalue weighted by Gasteiger charge is 2.44. The van der Waals surface area contributed by atoms with Gasteiger partial charge in [-0.1, -0.05) is 26.7 Å². The highest BCUT2D eigenvalue weighted by Crippen LogP contribution is 2.24. The third kappa shape index (κ3) is 8.24. The van der Waals surface area contributed by atoms with Gasteiger partial charge in [-0.3, -0.25) is 19.2 Å². The lowest BCUT2D eigenvalue weighted by Crippen LogP contribution is -2.48. The second-order valence-electron chi connectivity index (χ2n) is 8.01. The zero-order chi connectivity index (χ0) is 23.6. The molecular weight excluding hydrogens is 406 g/mol. The predicted molar refractivity (Wildman–Crippen MR) is 111 cm³/mol. The van der Waals surface area contributed by atoms with Crippen LogP contribution >= 0.6 is 0 Å². The number of esters is 1. The number of nitrogens with zero attached hydrogens (tertiary/aromatic N) is 1. The van der Waals surface area contributed by atoms with Crippen molar-refractivity contribution < 1.29 is 38.6 Å². The summed E-state index contributed by atoms with van der Waals surface area (Å²) in [6.45, 7) is 6.36. The molecule has 0 aromatic carbocycles. The first-order valence-corrected chi connectivity index (χ1v) is 10.6. The van der Waals surface area contributed by atoms with Gasteiger partial charge in [-0.25, -0.2) is 9.69 Å². The van der Waals surface area contributed by atoms with E-state index in [-0.39, 0.29) is 31.3 Å². The molecule has 1 aliphatic rings. The molecule has 31 heavy (non-hydrogen) atoms. The number of carbonyl (C=O) groups excluding carboxylic acids is 5. The second-order valence-corrected chi connectivity index (χ2v) is 8.01. The molecule has 0 aromatic rings. The topological polar surface area (TPSA) is 127 Å². The van der Waals surface area contributed by atoms with Crippen LogP contribution in [-0.2, 0) is 28.7 Å². The van der Waals surface area contributed by atoms with E-state index in [1.807, 2.05) is 13.8 Å². The van der Waals surface area contributed by atoms with Gasteiger partial charge >= 0.3 is 12.1 Å². The summed E-state index contributed by atoms with van der Waals surface area (Å²) < 4.78 is 10.0. The fourth-order valence-electron chi connectivity index (χ4n) is 3.23. The number of aliphatic hydroxyl groups excluding tert-OH is 1. The summed E-state index contributed by atoms with van der Waals surface area (Å²) >= 11 is 0. The van der Waals surface area contributed by atoms with Gasteiger partial charge < -0.3 is 14.6 Å². The minimum absolute atomic E-state index is 0.0552. The molecule has 0 bridgehead atoms. The van der Waals surface area contributed by atoms with Crippen LogP contribution in [0.3, 0.4) is 0 Å². The first-order chi connectivity index (χ1) is 14.6. The normalized spacial score (nSPS) is 18.2. The van der Waals surface area contributed by atoms with Crippen molar-refractivity contribution in [2.75, 3.05) is 13.2 Å². The predicted octanol–water partition coefficient (Wildman–Crippen LogP) is 2.19. The Labute approximate surface area is 182 Å². The zero-order valence-electron chi connectivity index (χ0n) is 18.7. The Morgan fingerprint density at radius 1 is 1.13 bits per heavy atom. The summed E-state index contributed by atoms with van der Waals surface area (Å²) in [7, 11) is 0. The van der Waals surface area contributed by atoms with Gasteiger partial charge in [0.25, 0.3) is 0 Å². The van der Waals surface area contributed by atoms with E-state index in [9.17, 15) is 24.0 Å². The monoisotopic (exact) mass is 439 g/mol. The smallest absolute Gasteiger partial charge is 0.416 e. The first-order valence-electron chi connectivity index (χ1n) is 10.6. The van der Waals surface area contributed by atoms with Crippen LogP contribution in [-0.4, -0.2) is 64.9 Å². The van der Waals surface area contributed by atoms with E-state index < -0.39 is 41.8 Å². The Kier molecular flexibility index (Phi) is 11.1. The summed E-state index contributed by atoms with van der Waals surface area (Å²) in [6.07, 6.45) is 3.04. The summed E-state index contributed by atoms with van der Waals surface area (Å²) in [5.41, 5.74) is 0. The first kappa shape index (κ1) is 26.5. The van der Waals surface area contributed by atoms with E-state index in [1.54, 1.807) is 0 Å². The second kappa shape index (κ2) is 13.0. The SMILES string of the molecule is CC(=O)O[C@@H](C(=O)C=CC(=O)CCCCCCO)[C@@H](C)C(=O)N1C(=O)OC[C@H]1C(C)C. The van der Waals surface area contributed by atoms with Gasteiger partial charge in [0.1, 0.15) is 6.61 Å². The van der Waals surface area contributed by atoms with E-state index in [0.29, 0.717) is 12.8 Å². The Bertz CT molecular complexity index is 700. The van der Waals surface area contributed by atoms with Crippen LogP contribution in [0.2, 0.25) is 0 Å². The van der Waals surface area contributed by atoms with E-state index in [2.05, 4.69) is 0 Å². The number of allylic oxidation sites excluding steroid dienone is 1. The molecule has 0 saturated carbocycles. The molecule has 174 valence electrons. The van der Waals surface area contributed by atoms with Crippen molar-refractivity contribution in [1.29, 1.82) is 0 Å². The van der Waals surface area contributed by atoms with Gasteiger partial charge in [-0.05, 0) is 37.8 Å². The number of hydrogen-bond donors (Lipinski definition) is 1. The minimum atomic E-state index is -1.46. The number of aliphatic hydroxyl groups is 1. The Morgan fingerprint density at radius 2 is 1.77 bits per heavy atom. The average Bonchev–Trinajstić information content (AvgIpc) is 3.10. The third-order valence-corrected chi connectivity index (χ3v) is 5.09. The molecule has 0 aromatic heterocycles. The number of ether oxygens (including phenoxy) is 2. The van der Waals surface area contributed by atoms with Crippen LogP contribution in [0, 0.1) is 11.8 Å². The minimum Gasteiger partial charge on any atom is -0.453 e. The number of ketones is 2. The largest absolute Gasteiger partial charge is 0.453 e. The van der Waals surface area contributed by atoms with Gasteiger partial charge in [-0.15, -0.1) is 0 Å². The molecule has 1 heterocycles. The molecule has 9 nitrogen and oxygen atoms in total. The maximum absolute atomic E-state index is 12.9. The average molecular weight is 440 g/mol. The molecule has 0 spiro atoms. The van der Waals surface area contributed by atoms with Crippen molar-refractivity contribution in [1.82, 2.24) is 4.90 Å². The van der Waals surface area contributed by atoms with Crippen LogP contribution in [0.15, 0.2) is 12.2 Å². The van der Waals surface area contributed by atoms with Crippen LogP contribution in [0.25, 0.3) is 0 Å². The number of cyclic esters (lactones) is 1. The van der Waals surface area contributed by atoms with Gasteiger partial charge in [0.2, 0.25) is 5.91 Å². The van der Waals surface area contributed by atoms with E-state index >= 15 is 0 Å². The molecule has 1 saturated heterocycles. The molecule has 1 fully saturated rings. The number of amides is 2. The van der Waals surface area contributed by atoms with Gasteiger partial charge in [0.05, 0.1) is 12.0 Å². The molecule has 0 radical (unpaired) electrons. The van der Waals surface area contributed by atoms with Crippen LogP contribution in [0.1, 0.15) is 59.8 Å². The fourth-order valence-corrected chi connectivity index (χ4v) is 3.23. The number of carbonyl (C=O) groups is 5. The lowest BCUT2D eigenvalue weighted by atomic mass is 9.96. The van der Waals surface area contributed by atoms with Crippen molar-refractivity contribution >= 4 is 29.5 Å². The summed E-state index contributed by atoms with van der Waals surface area (Å²) in [6, 6.07) is -0.474. The Balaban J connectivity index is 2.83. The third-order valence-electron chi connectivity index (χ3n) is 5.09. The molecule has 0 unspecified atom stereocenters. The highest BCUT2D eigenvalue weighted by molar-refractivity contribution is 6.04. The maximum Gasteiger partial charge on any atom is 0.416 e.